The molecule has 0 spiro atoms. The van der Waals surface area contributed by atoms with Crippen molar-refractivity contribution < 1.29 is 9.53 Å². The molecule has 1 amide bonds. The minimum atomic E-state index is -0.260. The van der Waals surface area contributed by atoms with Gasteiger partial charge in [0.1, 0.15) is 5.75 Å². The molecule has 0 aromatic heterocycles. The van der Waals surface area contributed by atoms with E-state index in [1.165, 1.54) is 0 Å². The van der Waals surface area contributed by atoms with Crippen molar-refractivity contribution >= 4 is 17.8 Å². The van der Waals surface area contributed by atoms with Crippen LogP contribution in [0.1, 0.15) is 15.9 Å². The molecule has 108 valence electrons. The van der Waals surface area contributed by atoms with E-state index in [0.29, 0.717) is 5.56 Å². The second kappa shape index (κ2) is 7.09. The maximum atomic E-state index is 12.0. The van der Waals surface area contributed by atoms with Crippen LogP contribution in [0.15, 0.2) is 53.6 Å². The van der Waals surface area contributed by atoms with E-state index in [-0.39, 0.29) is 5.91 Å². The number of carbonyl (C=O) groups is 1. The summed E-state index contributed by atoms with van der Waals surface area (Å²) < 4.78 is 5.07. The molecular weight excluding hydrogens is 266 g/mol. The summed E-state index contributed by atoms with van der Waals surface area (Å²) in [5.74, 6) is 0.517. The molecule has 0 aliphatic heterocycles. The topological polar surface area (TPSA) is 62.7 Å². The number of ether oxygens (including phenoxy) is 1. The summed E-state index contributed by atoms with van der Waals surface area (Å²) in [5.41, 5.74) is 4.69. The minimum absolute atomic E-state index is 0.260. The van der Waals surface area contributed by atoms with E-state index >= 15 is 0 Å². The Hall–Kier alpha value is -2.82. The Morgan fingerprint density at radius 3 is 2.52 bits per heavy atom. The molecule has 0 saturated carbocycles. The number of nitrogens with zero attached hydrogens (tertiary/aromatic N) is 1. The van der Waals surface area contributed by atoms with E-state index in [0.717, 1.165) is 17.0 Å². The third-order valence-corrected chi connectivity index (χ3v) is 2.94. The molecule has 0 radical (unpaired) electrons. The smallest absolute Gasteiger partial charge is 0.273 e. The van der Waals surface area contributed by atoms with Gasteiger partial charge in [-0.15, -0.1) is 0 Å². The molecule has 2 aromatic rings. The third-order valence-electron chi connectivity index (χ3n) is 2.94. The van der Waals surface area contributed by atoms with E-state index in [9.17, 15) is 4.79 Å². The number of nitrogens with one attached hydrogen (secondary N) is 2. The Kier molecular flexibility index (Phi) is 4.93. The number of benzene rings is 2. The zero-order valence-electron chi connectivity index (χ0n) is 12.0. The Balaban J connectivity index is 2.01. The molecule has 0 bridgehead atoms. The second-order valence-corrected chi connectivity index (χ2v) is 4.27. The molecule has 0 saturated heterocycles. The number of anilines is 1. The standard InChI is InChI=1S/C16H17N3O2/c1-17-15-6-4-3-5-14(15)16(20)19-18-11-12-7-9-13(21-2)10-8-12/h3-11,17H,1-2H3,(H,19,20). The quantitative estimate of drug-likeness (QED) is 0.654. The normalized spacial score (nSPS) is 10.4. The summed E-state index contributed by atoms with van der Waals surface area (Å²) in [6.45, 7) is 0. The number of hydrogen-bond acceptors (Lipinski definition) is 4. The van der Waals surface area contributed by atoms with Gasteiger partial charge in [0.25, 0.3) is 5.91 Å². The van der Waals surface area contributed by atoms with Crippen molar-refractivity contribution in [3.8, 4) is 5.75 Å². The van der Waals surface area contributed by atoms with Gasteiger partial charge >= 0.3 is 0 Å². The van der Waals surface area contributed by atoms with Crippen LogP contribution in [0.25, 0.3) is 0 Å². The van der Waals surface area contributed by atoms with Crippen LogP contribution in [-0.4, -0.2) is 26.3 Å². The van der Waals surface area contributed by atoms with Crippen molar-refractivity contribution in [2.24, 2.45) is 5.10 Å². The lowest BCUT2D eigenvalue weighted by atomic mass is 10.1. The van der Waals surface area contributed by atoms with Crippen molar-refractivity contribution in [1.29, 1.82) is 0 Å². The highest BCUT2D eigenvalue weighted by atomic mass is 16.5. The Morgan fingerprint density at radius 2 is 1.86 bits per heavy atom. The summed E-state index contributed by atoms with van der Waals surface area (Å²) in [6, 6.07) is 14.6. The van der Waals surface area contributed by atoms with Gasteiger partial charge in [0.2, 0.25) is 0 Å². The van der Waals surface area contributed by atoms with Crippen LogP contribution < -0.4 is 15.5 Å². The summed E-state index contributed by atoms with van der Waals surface area (Å²) in [4.78, 5) is 12.0. The van der Waals surface area contributed by atoms with Gasteiger partial charge in [-0.3, -0.25) is 4.79 Å². The molecule has 2 rings (SSSR count). The maximum Gasteiger partial charge on any atom is 0.273 e. The largest absolute Gasteiger partial charge is 0.497 e. The van der Waals surface area contributed by atoms with Gasteiger partial charge in [-0.25, -0.2) is 5.43 Å². The van der Waals surface area contributed by atoms with Crippen LogP contribution in [0.5, 0.6) is 5.75 Å². The van der Waals surface area contributed by atoms with Crippen LogP contribution in [0.4, 0.5) is 5.69 Å². The highest BCUT2D eigenvalue weighted by molar-refractivity contribution is 5.99. The number of hydrazone groups is 1. The summed E-state index contributed by atoms with van der Waals surface area (Å²) in [6.07, 6.45) is 1.58. The van der Waals surface area contributed by atoms with Crippen LogP contribution in [0.3, 0.4) is 0 Å². The number of para-hydroxylation sites is 1. The summed E-state index contributed by atoms with van der Waals surface area (Å²) in [7, 11) is 3.38. The van der Waals surface area contributed by atoms with Gasteiger partial charge in [0, 0.05) is 12.7 Å². The molecule has 5 heteroatoms. The molecule has 0 fully saturated rings. The van der Waals surface area contributed by atoms with Crippen LogP contribution in [0.2, 0.25) is 0 Å². The van der Waals surface area contributed by atoms with Crippen LogP contribution in [-0.2, 0) is 0 Å². The lowest BCUT2D eigenvalue weighted by Crippen LogP contribution is -2.18. The monoisotopic (exact) mass is 283 g/mol. The number of amides is 1. The lowest BCUT2D eigenvalue weighted by Gasteiger charge is -2.06. The molecule has 0 unspecified atom stereocenters. The van der Waals surface area contributed by atoms with Crippen molar-refractivity contribution in [3.63, 3.8) is 0 Å². The van der Waals surface area contributed by atoms with Gasteiger partial charge in [-0.05, 0) is 42.0 Å². The number of hydrogen-bond donors (Lipinski definition) is 2. The van der Waals surface area contributed by atoms with Crippen molar-refractivity contribution in [2.45, 2.75) is 0 Å². The molecule has 2 aromatic carbocycles. The van der Waals surface area contributed by atoms with Gasteiger partial charge in [-0.2, -0.15) is 5.10 Å². The fourth-order valence-electron chi connectivity index (χ4n) is 1.81. The molecule has 0 aliphatic carbocycles. The van der Waals surface area contributed by atoms with Crippen molar-refractivity contribution in [3.05, 3.63) is 59.7 Å². The van der Waals surface area contributed by atoms with Crippen LogP contribution >= 0.6 is 0 Å². The summed E-state index contributed by atoms with van der Waals surface area (Å²) in [5, 5.41) is 6.93. The summed E-state index contributed by atoms with van der Waals surface area (Å²) >= 11 is 0. The number of rotatable bonds is 5. The lowest BCUT2D eigenvalue weighted by molar-refractivity contribution is 0.0956. The fourth-order valence-corrected chi connectivity index (χ4v) is 1.81. The third kappa shape index (κ3) is 3.82. The highest BCUT2D eigenvalue weighted by Gasteiger charge is 2.08. The van der Waals surface area contributed by atoms with Gasteiger partial charge in [-0.1, -0.05) is 12.1 Å². The molecule has 0 heterocycles. The molecule has 0 aliphatic rings. The van der Waals surface area contributed by atoms with Gasteiger partial charge < -0.3 is 10.1 Å². The molecule has 5 nitrogen and oxygen atoms in total. The van der Waals surface area contributed by atoms with Crippen LogP contribution in [0, 0.1) is 0 Å². The van der Waals surface area contributed by atoms with Crippen molar-refractivity contribution in [1.82, 2.24) is 5.43 Å². The van der Waals surface area contributed by atoms with E-state index in [4.69, 9.17) is 4.74 Å². The van der Waals surface area contributed by atoms with Gasteiger partial charge in [0.15, 0.2) is 0 Å². The Labute approximate surface area is 123 Å². The fraction of sp³-hybridized carbons (Fsp3) is 0.125. The molecule has 0 atom stereocenters. The van der Waals surface area contributed by atoms with E-state index in [1.807, 2.05) is 42.5 Å². The highest BCUT2D eigenvalue weighted by Crippen LogP contribution is 2.13. The minimum Gasteiger partial charge on any atom is -0.497 e. The van der Waals surface area contributed by atoms with E-state index in [1.54, 1.807) is 26.4 Å². The van der Waals surface area contributed by atoms with Crippen molar-refractivity contribution in [2.75, 3.05) is 19.5 Å². The zero-order valence-corrected chi connectivity index (χ0v) is 12.0. The molecule has 2 N–H and O–H groups in total. The second-order valence-electron chi connectivity index (χ2n) is 4.27. The number of methoxy groups -OCH3 is 1. The first-order chi connectivity index (χ1) is 10.2. The first kappa shape index (κ1) is 14.6. The van der Waals surface area contributed by atoms with E-state index < -0.39 is 0 Å². The Bertz CT molecular complexity index is 636. The zero-order chi connectivity index (χ0) is 15.1. The predicted octanol–water partition coefficient (Wildman–Crippen LogP) is 2.50. The molecule has 21 heavy (non-hydrogen) atoms. The average Bonchev–Trinajstić information content (AvgIpc) is 2.55. The predicted molar refractivity (Wildman–Crippen MR) is 84.0 cm³/mol. The average molecular weight is 283 g/mol. The first-order valence-corrected chi connectivity index (χ1v) is 6.49. The SMILES string of the molecule is CNc1ccccc1C(=O)NN=Cc1ccc(OC)cc1. The van der Waals surface area contributed by atoms with Gasteiger partial charge in [0.05, 0.1) is 18.9 Å². The Morgan fingerprint density at radius 1 is 1.14 bits per heavy atom. The first-order valence-electron chi connectivity index (χ1n) is 6.49. The molecular formula is C16H17N3O2. The maximum absolute atomic E-state index is 12.0. The number of carbonyl (C=O) groups excluding carboxylic acids is 1. The van der Waals surface area contributed by atoms with E-state index in [2.05, 4.69) is 15.8 Å².